The predicted octanol–water partition coefficient (Wildman–Crippen LogP) is 3.58. The highest BCUT2D eigenvalue weighted by Gasteiger charge is 2.27. The quantitative estimate of drug-likeness (QED) is 0.414. The van der Waals surface area contributed by atoms with Crippen LogP contribution in [0.1, 0.15) is 23.2 Å². The second-order valence-corrected chi connectivity index (χ2v) is 12.0. The number of rotatable bonds is 9. The third kappa shape index (κ3) is 5.73. The van der Waals surface area contributed by atoms with E-state index in [1.807, 2.05) is 19.0 Å². The highest BCUT2D eigenvalue weighted by molar-refractivity contribution is 7.89. The van der Waals surface area contributed by atoms with Crippen LogP contribution in [0.3, 0.4) is 0 Å². The van der Waals surface area contributed by atoms with Crippen molar-refractivity contribution in [1.82, 2.24) is 14.2 Å². The SMILES string of the molecule is CN(C)CCN(C(=O)c1ccc(S(=O)(=O)N(C)CC2CCCO2)cc1)c1nc2c(F)cc(F)cc2s1. The van der Waals surface area contributed by atoms with Crippen LogP contribution in [0, 0.1) is 11.6 Å². The smallest absolute Gasteiger partial charge is 0.260 e. The number of halogens is 2. The van der Waals surface area contributed by atoms with Gasteiger partial charge in [-0.15, -0.1) is 0 Å². The molecule has 1 unspecified atom stereocenters. The third-order valence-electron chi connectivity index (χ3n) is 5.94. The molecule has 0 radical (unpaired) electrons. The van der Waals surface area contributed by atoms with E-state index in [1.54, 1.807) is 0 Å². The number of aromatic nitrogens is 1. The fraction of sp³-hybridized carbons (Fsp3) is 0.417. The van der Waals surface area contributed by atoms with Gasteiger partial charge in [-0.2, -0.15) is 4.31 Å². The van der Waals surface area contributed by atoms with E-state index in [4.69, 9.17) is 4.74 Å². The Morgan fingerprint density at radius 2 is 1.86 bits per heavy atom. The molecule has 2 aromatic carbocycles. The second kappa shape index (κ2) is 10.9. The van der Waals surface area contributed by atoms with Crippen molar-refractivity contribution in [2.24, 2.45) is 0 Å². The largest absolute Gasteiger partial charge is 0.377 e. The van der Waals surface area contributed by atoms with Crippen LogP contribution in [0.4, 0.5) is 13.9 Å². The molecule has 0 bridgehead atoms. The van der Waals surface area contributed by atoms with Gasteiger partial charge in [-0.1, -0.05) is 11.3 Å². The lowest BCUT2D eigenvalue weighted by Gasteiger charge is -2.22. The molecule has 12 heteroatoms. The zero-order valence-electron chi connectivity index (χ0n) is 20.3. The lowest BCUT2D eigenvalue weighted by molar-refractivity contribution is 0.0978. The molecule has 0 spiro atoms. The van der Waals surface area contributed by atoms with Gasteiger partial charge in [0.1, 0.15) is 11.3 Å². The molecule has 4 rings (SSSR count). The van der Waals surface area contributed by atoms with E-state index in [0.717, 1.165) is 30.2 Å². The van der Waals surface area contributed by atoms with Gasteiger partial charge in [0.15, 0.2) is 10.9 Å². The van der Waals surface area contributed by atoms with Gasteiger partial charge in [-0.25, -0.2) is 22.2 Å². The lowest BCUT2D eigenvalue weighted by Crippen LogP contribution is -2.37. The van der Waals surface area contributed by atoms with Crippen LogP contribution in [0.5, 0.6) is 0 Å². The van der Waals surface area contributed by atoms with Crippen LogP contribution in [0.15, 0.2) is 41.3 Å². The molecule has 0 N–H and O–H groups in total. The maximum atomic E-state index is 14.2. The summed E-state index contributed by atoms with van der Waals surface area (Å²) in [5.74, 6) is -1.94. The molecule has 1 fully saturated rings. The summed E-state index contributed by atoms with van der Waals surface area (Å²) in [5.41, 5.74) is 0.246. The fourth-order valence-corrected chi connectivity index (χ4v) is 6.16. The van der Waals surface area contributed by atoms with Gasteiger partial charge in [0.2, 0.25) is 10.0 Å². The van der Waals surface area contributed by atoms with E-state index in [2.05, 4.69) is 4.98 Å². The molecule has 1 aliphatic rings. The summed E-state index contributed by atoms with van der Waals surface area (Å²) in [7, 11) is 1.45. The Balaban J connectivity index is 1.59. The maximum absolute atomic E-state index is 14.2. The molecular weight excluding hydrogens is 510 g/mol. The first kappa shape index (κ1) is 26.6. The minimum Gasteiger partial charge on any atom is -0.377 e. The van der Waals surface area contributed by atoms with E-state index in [-0.39, 0.29) is 40.3 Å². The summed E-state index contributed by atoms with van der Waals surface area (Å²) in [5, 5.41) is 0.231. The van der Waals surface area contributed by atoms with Gasteiger partial charge in [-0.3, -0.25) is 9.69 Å². The van der Waals surface area contributed by atoms with E-state index in [1.165, 1.54) is 46.6 Å². The van der Waals surface area contributed by atoms with Crippen LogP contribution in [0.2, 0.25) is 0 Å². The Morgan fingerprint density at radius 3 is 2.50 bits per heavy atom. The Hall–Kier alpha value is -2.51. The lowest BCUT2D eigenvalue weighted by atomic mass is 10.2. The summed E-state index contributed by atoms with van der Waals surface area (Å²) in [6.45, 7) is 1.64. The molecule has 3 aromatic rings. The minimum absolute atomic E-state index is 0.00484. The number of carbonyl (C=O) groups is 1. The van der Waals surface area contributed by atoms with E-state index < -0.39 is 27.6 Å². The zero-order chi connectivity index (χ0) is 26.0. The Labute approximate surface area is 213 Å². The molecule has 1 aliphatic heterocycles. The van der Waals surface area contributed by atoms with Crippen molar-refractivity contribution in [1.29, 1.82) is 0 Å². The first-order valence-corrected chi connectivity index (χ1v) is 13.7. The van der Waals surface area contributed by atoms with Crippen molar-refractivity contribution in [2.45, 2.75) is 23.8 Å². The number of hydrogen-bond acceptors (Lipinski definition) is 7. The van der Waals surface area contributed by atoms with Crippen LogP contribution in [0.25, 0.3) is 10.2 Å². The first-order valence-electron chi connectivity index (χ1n) is 11.5. The Morgan fingerprint density at radius 1 is 1.14 bits per heavy atom. The van der Waals surface area contributed by atoms with Crippen molar-refractivity contribution in [3.8, 4) is 0 Å². The number of sulfonamides is 1. The summed E-state index contributed by atoms with van der Waals surface area (Å²) in [6.07, 6.45) is 1.61. The third-order valence-corrected chi connectivity index (χ3v) is 8.81. The zero-order valence-corrected chi connectivity index (χ0v) is 21.9. The molecule has 1 saturated heterocycles. The Kier molecular flexibility index (Phi) is 8.00. The number of thiazole rings is 1. The van der Waals surface area contributed by atoms with Crippen molar-refractivity contribution < 1.29 is 26.7 Å². The molecule has 2 heterocycles. The molecule has 0 aliphatic carbocycles. The molecule has 1 amide bonds. The number of ether oxygens (including phenoxy) is 1. The standard InChI is InChI=1S/C24H28F2N4O4S2/c1-28(2)10-11-30(24-27-22-20(26)13-17(25)14-21(22)35-24)23(31)16-6-8-19(9-7-16)36(32,33)29(3)15-18-5-4-12-34-18/h6-9,13-14,18H,4-5,10-12,15H2,1-3H3. The number of amides is 1. The highest BCUT2D eigenvalue weighted by atomic mass is 32.2. The average molecular weight is 539 g/mol. The number of anilines is 1. The number of carbonyl (C=O) groups excluding carboxylic acids is 1. The van der Waals surface area contributed by atoms with Crippen molar-refractivity contribution in [3.63, 3.8) is 0 Å². The number of hydrogen-bond donors (Lipinski definition) is 0. The van der Waals surface area contributed by atoms with Gasteiger partial charge in [0.25, 0.3) is 5.91 Å². The Bertz CT molecular complexity index is 1340. The number of nitrogens with zero attached hydrogens (tertiary/aromatic N) is 4. The van der Waals surface area contributed by atoms with Crippen molar-refractivity contribution >= 4 is 42.6 Å². The minimum atomic E-state index is -3.75. The monoisotopic (exact) mass is 538 g/mol. The topological polar surface area (TPSA) is 83.1 Å². The molecule has 36 heavy (non-hydrogen) atoms. The first-order chi connectivity index (χ1) is 17.1. The summed E-state index contributed by atoms with van der Waals surface area (Å²) >= 11 is 1.02. The normalized spacial score (nSPS) is 16.4. The van der Waals surface area contributed by atoms with Crippen LogP contribution >= 0.6 is 11.3 Å². The molecule has 8 nitrogen and oxygen atoms in total. The van der Waals surface area contributed by atoms with Crippen LogP contribution in [-0.2, 0) is 14.8 Å². The average Bonchev–Trinajstić information content (AvgIpc) is 3.49. The number of likely N-dealkylation sites (N-methyl/N-ethyl adjacent to an activating group) is 2. The van der Waals surface area contributed by atoms with Crippen LogP contribution in [-0.4, -0.2) is 82.0 Å². The van der Waals surface area contributed by atoms with Gasteiger partial charge < -0.3 is 9.64 Å². The van der Waals surface area contributed by atoms with Crippen LogP contribution < -0.4 is 4.90 Å². The summed E-state index contributed by atoms with van der Waals surface area (Å²) in [6, 6.07) is 7.63. The van der Waals surface area contributed by atoms with E-state index in [0.29, 0.717) is 17.9 Å². The van der Waals surface area contributed by atoms with Gasteiger partial charge >= 0.3 is 0 Å². The van der Waals surface area contributed by atoms with Gasteiger partial charge in [0.05, 0.1) is 15.7 Å². The maximum Gasteiger partial charge on any atom is 0.260 e. The number of benzene rings is 2. The summed E-state index contributed by atoms with van der Waals surface area (Å²) < 4.78 is 61.0. The molecule has 194 valence electrons. The van der Waals surface area contributed by atoms with Gasteiger partial charge in [0, 0.05) is 44.9 Å². The number of fused-ring (bicyclic) bond motifs is 1. The molecule has 1 atom stereocenters. The van der Waals surface area contributed by atoms with Crippen molar-refractivity contribution in [2.75, 3.05) is 52.3 Å². The molecule has 0 saturated carbocycles. The van der Waals surface area contributed by atoms with Crippen molar-refractivity contribution in [3.05, 3.63) is 53.6 Å². The van der Waals surface area contributed by atoms with Gasteiger partial charge in [-0.05, 0) is 57.3 Å². The van der Waals surface area contributed by atoms with E-state index >= 15 is 0 Å². The summed E-state index contributed by atoms with van der Waals surface area (Å²) in [4.78, 5) is 21.0. The van der Waals surface area contributed by atoms with E-state index in [9.17, 15) is 22.0 Å². The fourth-order valence-electron chi connectivity index (χ4n) is 3.92. The highest BCUT2D eigenvalue weighted by Crippen LogP contribution is 2.32. The molecular formula is C24H28F2N4O4S2. The second-order valence-electron chi connectivity index (χ2n) is 8.94. The predicted molar refractivity (Wildman–Crippen MR) is 135 cm³/mol. The molecule has 1 aromatic heterocycles.